The van der Waals surface area contributed by atoms with Gasteiger partial charge in [-0.25, -0.2) is 4.79 Å². The van der Waals surface area contributed by atoms with Crippen molar-refractivity contribution in [2.45, 2.75) is 13.0 Å². The number of morpholine rings is 1. The second-order valence-electron chi connectivity index (χ2n) is 4.64. The summed E-state index contributed by atoms with van der Waals surface area (Å²) < 4.78 is 11.2. The minimum Gasteiger partial charge on any atom is -0.491 e. The van der Waals surface area contributed by atoms with Gasteiger partial charge in [0.2, 0.25) is 0 Å². The lowest BCUT2D eigenvalue weighted by Crippen LogP contribution is -2.44. The topological polar surface area (TPSA) is 59.0 Å². The van der Waals surface area contributed by atoms with Crippen LogP contribution in [0.3, 0.4) is 0 Å². The molecule has 2 rings (SSSR count). The molecule has 1 aliphatic heterocycles. The minimum absolute atomic E-state index is 0.00709. The zero-order valence-corrected chi connectivity index (χ0v) is 12.1. The number of hydrogen-bond donors (Lipinski definition) is 1. The molecule has 0 amide bonds. The quantitative estimate of drug-likeness (QED) is 0.902. The maximum atomic E-state index is 11.0. The van der Waals surface area contributed by atoms with Gasteiger partial charge in [-0.15, -0.1) is 0 Å². The number of benzene rings is 1. The fraction of sp³-hybridized carbons (Fsp3) is 0.500. The average molecular weight is 300 g/mol. The summed E-state index contributed by atoms with van der Waals surface area (Å²) >= 11 is 5.81. The van der Waals surface area contributed by atoms with Gasteiger partial charge in [-0.3, -0.25) is 4.90 Å². The number of carboxylic acids is 1. The van der Waals surface area contributed by atoms with Crippen molar-refractivity contribution in [3.05, 3.63) is 28.8 Å². The van der Waals surface area contributed by atoms with E-state index in [0.29, 0.717) is 19.0 Å². The molecule has 1 atom stereocenters. The fourth-order valence-electron chi connectivity index (χ4n) is 2.12. The highest BCUT2D eigenvalue weighted by molar-refractivity contribution is 6.33. The van der Waals surface area contributed by atoms with E-state index in [1.807, 2.05) is 0 Å². The van der Waals surface area contributed by atoms with E-state index < -0.39 is 5.97 Å². The number of aromatic carboxylic acids is 1. The van der Waals surface area contributed by atoms with Crippen LogP contribution in [-0.2, 0) is 4.74 Å². The lowest BCUT2D eigenvalue weighted by molar-refractivity contribution is -0.0464. The summed E-state index contributed by atoms with van der Waals surface area (Å²) in [6.07, 6.45) is 0.00709. The Hall–Kier alpha value is -1.30. The van der Waals surface area contributed by atoms with Crippen LogP contribution in [0.4, 0.5) is 0 Å². The zero-order chi connectivity index (χ0) is 14.5. The standard InChI is InChI=1S/C14H18ClNO4/c1-2-16-5-6-19-11(8-16)9-20-10-3-4-13(15)12(7-10)14(17)18/h3-4,7,11H,2,5-6,8-9H2,1H3,(H,17,18). The van der Waals surface area contributed by atoms with E-state index in [1.165, 1.54) is 12.1 Å². The first-order valence-electron chi connectivity index (χ1n) is 6.59. The molecule has 110 valence electrons. The van der Waals surface area contributed by atoms with E-state index in [9.17, 15) is 4.79 Å². The molecular formula is C14H18ClNO4. The molecular weight excluding hydrogens is 282 g/mol. The Kier molecular flexibility index (Phi) is 5.23. The van der Waals surface area contributed by atoms with Gasteiger partial charge in [-0.2, -0.15) is 0 Å². The molecule has 6 heteroatoms. The zero-order valence-electron chi connectivity index (χ0n) is 11.3. The van der Waals surface area contributed by atoms with Gasteiger partial charge < -0.3 is 14.6 Å². The molecule has 0 aromatic heterocycles. The van der Waals surface area contributed by atoms with E-state index in [2.05, 4.69) is 11.8 Å². The molecule has 1 N–H and O–H groups in total. The molecule has 1 aliphatic rings. The molecule has 0 bridgehead atoms. The maximum absolute atomic E-state index is 11.0. The summed E-state index contributed by atoms with van der Waals surface area (Å²) in [5.41, 5.74) is 0.0453. The van der Waals surface area contributed by atoms with Crippen molar-refractivity contribution < 1.29 is 19.4 Å². The molecule has 1 saturated heterocycles. The molecule has 0 radical (unpaired) electrons. The first-order valence-corrected chi connectivity index (χ1v) is 6.97. The molecule has 5 nitrogen and oxygen atoms in total. The molecule has 1 unspecified atom stereocenters. The number of nitrogens with zero attached hydrogens (tertiary/aromatic N) is 1. The van der Waals surface area contributed by atoms with Crippen molar-refractivity contribution in [3.63, 3.8) is 0 Å². The molecule has 20 heavy (non-hydrogen) atoms. The highest BCUT2D eigenvalue weighted by Gasteiger charge is 2.20. The van der Waals surface area contributed by atoms with Crippen molar-refractivity contribution in [1.29, 1.82) is 0 Å². The van der Waals surface area contributed by atoms with Crippen LogP contribution >= 0.6 is 11.6 Å². The number of halogens is 1. The van der Waals surface area contributed by atoms with Crippen LogP contribution in [0.2, 0.25) is 5.02 Å². The number of hydrogen-bond acceptors (Lipinski definition) is 4. The van der Waals surface area contributed by atoms with Gasteiger partial charge in [0, 0.05) is 13.1 Å². The molecule has 0 saturated carbocycles. The lowest BCUT2D eigenvalue weighted by atomic mass is 10.2. The van der Waals surface area contributed by atoms with Crippen molar-refractivity contribution in [1.82, 2.24) is 4.90 Å². The van der Waals surface area contributed by atoms with Crippen LogP contribution in [-0.4, -0.2) is 54.9 Å². The van der Waals surface area contributed by atoms with Crippen LogP contribution in [0.5, 0.6) is 5.75 Å². The summed E-state index contributed by atoms with van der Waals surface area (Å²) in [5, 5.41) is 9.21. The molecule has 1 aromatic rings. The molecule has 1 fully saturated rings. The summed E-state index contributed by atoms with van der Waals surface area (Å²) in [7, 11) is 0. The Balaban J connectivity index is 1.93. The first kappa shape index (κ1) is 15.1. The van der Waals surface area contributed by atoms with E-state index in [-0.39, 0.29) is 16.7 Å². The molecule has 0 aliphatic carbocycles. The monoisotopic (exact) mass is 299 g/mol. The van der Waals surface area contributed by atoms with E-state index in [4.69, 9.17) is 26.2 Å². The van der Waals surface area contributed by atoms with Gasteiger partial charge in [-0.1, -0.05) is 18.5 Å². The normalized spacial score (nSPS) is 19.8. The van der Waals surface area contributed by atoms with Crippen molar-refractivity contribution >= 4 is 17.6 Å². The number of carboxylic acid groups (broad SMARTS) is 1. The third-order valence-corrected chi connectivity index (χ3v) is 3.60. The maximum Gasteiger partial charge on any atom is 0.337 e. The number of ether oxygens (including phenoxy) is 2. The Bertz CT molecular complexity index is 480. The summed E-state index contributed by atoms with van der Waals surface area (Å²) in [6, 6.07) is 4.63. The summed E-state index contributed by atoms with van der Waals surface area (Å²) in [6.45, 7) is 5.97. The third-order valence-electron chi connectivity index (χ3n) is 3.27. The predicted molar refractivity (Wildman–Crippen MR) is 75.8 cm³/mol. The Morgan fingerprint density at radius 1 is 1.60 bits per heavy atom. The Morgan fingerprint density at radius 3 is 3.10 bits per heavy atom. The highest BCUT2D eigenvalue weighted by Crippen LogP contribution is 2.22. The predicted octanol–water partition coefficient (Wildman–Crippen LogP) is 2.14. The summed E-state index contributed by atoms with van der Waals surface area (Å²) in [4.78, 5) is 13.3. The van der Waals surface area contributed by atoms with Gasteiger partial charge in [0.15, 0.2) is 0 Å². The number of carbonyl (C=O) groups is 1. The minimum atomic E-state index is -1.06. The van der Waals surface area contributed by atoms with Gasteiger partial charge in [0.05, 0.1) is 17.2 Å². The van der Waals surface area contributed by atoms with Crippen LogP contribution in [0.1, 0.15) is 17.3 Å². The van der Waals surface area contributed by atoms with Gasteiger partial charge >= 0.3 is 5.97 Å². The van der Waals surface area contributed by atoms with E-state index in [1.54, 1.807) is 6.07 Å². The van der Waals surface area contributed by atoms with Crippen LogP contribution in [0.25, 0.3) is 0 Å². The van der Waals surface area contributed by atoms with Crippen LogP contribution < -0.4 is 4.74 Å². The van der Waals surface area contributed by atoms with E-state index >= 15 is 0 Å². The van der Waals surface area contributed by atoms with Gasteiger partial charge in [0.25, 0.3) is 0 Å². The Morgan fingerprint density at radius 2 is 2.40 bits per heavy atom. The van der Waals surface area contributed by atoms with Crippen LogP contribution in [0, 0.1) is 0 Å². The summed E-state index contributed by atoms with van der Waals surface area (Å²) in [5.74, 6) is -0.574. The second kappa shape index (κ2) is 6.92. The number of rotatable bonds is 5. The number of likely N-dealkylation sites (N-methyl/N-ethyl adjacent to an activating group) is 1. The smallest absolute Gasteiger partial charge is 0.337 e. The SMILES string of the molecule is CCN1CCOC(COc2ccc(Cl)c(C(=O)O)c2)C1. The van der Waals surface area contributed by atoms with Gasteiger partial charge in [0.1, 0.15) is 18.5 Å². The highest BCUT2D eigenvalue weighted by atomic mass is 35.5. The van der Waals surface area contributed by atoms with Gasteiger partial charge in [-0.05, 0) is 24.7 Å². The fourth-order valence-corrected chi connectivity index (χ4v) is 2.31. The molecule has 1 heterocycles. The largest absolute Gasteiger partial charge is 0.491 e. The second-order valence-corrected chi connectivity index (χ2v) is 5.05. The van der Waals surface area contributed by atoms with E-state index in [0.717, 1.165) is 19.6 Å². The van der Waals surface area contributed by atoms with Crippen molar-refractivity contribution in [2.24, 2.45) is 0 Å². The van der Waals surface area contributed by atoms with Crippen molar-refractivity contribution in [3.8, 4) is 5.75 Å². The lowest BCUT2D eigenvalue weighted by Gasteiger charge is -2.31. The molecule has 1 aromatic carbocycles. The van der Waals surface area contributed by atoms with Crippen LogP contribution in [0.15, 0.2) is 18.2 Å². The van der Waals surface area contributed by atoms with Crippen molar-refractivity contribution in [2.75, 3.05) is 32.8 Å². The first-order chi connectivity index (χ1) is 9.60. The Labute approximate surface area is 123 Å². The third kappa shape index (κ3) is 3.85. The molecule has 0 spiro atoms. The average Bonchev–Trinajstić information content (AvgIpc) is 2.46.